The molecule has 1 aromatic carbocycles. The second-order valence-corrected chi connectivity index (χ2v) is 8.87. The number of anilines is 1. The van der Waals surface area contributed by atoms with Crippen LogP contribution in [0.2, 0.25) is 0 Å². The van der Waals surface area contributed by atoms with Gasteiger partial charge in [0.1, 0.15) is 11.4 Å². The van der Waals surface area contributed by atoms with E-state index >= 15 is 0 Å². The van der Waals surface area contributed by atoms with Crippen molar-refractivity contribution in [2.75, 3.05) is 31.8 Å². The summed E-state index contributed by atoms with van der Waals surface area (Å²) in [5.41, 5.74) is 8.79. The normalized spacial score (nSPS) is 15.4. The molecule has 37 heavy (non-hydrogen) atoms. The predicted molar refractivity (Wildman–Crippen MR) is 137 cm³/mol. The van der Waals surface area contributed by atoms with Gasteiger partial charge in [-0.05, 0) is 55.0 Å². The highest BCUT2D eigenvalue weighted by molar-refractivity contribution is 5.95. The van der Waals surface area contributed by atoms with E-state index in [9.17, 15) is 14.7 Å². The van der Waals surface area contributed by atoms with Gasteiger partial charge in [-0.15, -0.1) is 0 Å². The summed E-state index contributed by atoms with van der Waals surface area (Å²) in [7, 11) is 1.72. The minimum atomic E-state index is -1.04. The summed E-state index contributed by atoms with van der Waals surface area (Å²) in [6.45, 7) is 2.82. The monoisotopic (exact) mass is 500 g/mol. The smallest absolute Gasteiger partial charge is 0.267 e. The predicted octanol–water partition coefficient (Wildman–Crippen LogP) is 2.02. The first kappa shape index (κ1) is 25.8. The minimum absolute atomic E-state index is 0.0138. The zero-order valence-electron chi connectivity index (χ0n) is 20.7. The van der Waals surface area contributed by atoms with Gasteiger partial charge in [0.15, 0.2) is 5.60 Å². The first-order chi connectivity index (χ1) is 17.7. The molecule has 2 amide bonds. The molecule has 9 nitrogen and oxygen atoms in total. The van der Waals surface area contributed by atoms with E-state index in [4.69, 9.17) is 15.2 Å². The Hall–Kier alpha value is -4.26. The van der Waals surface area contributed by atoms with Crippen LogP contribution in [0.3, 0.4) is 0 Å². The number of carbonyl (C=O) groups excluding carboxylic acids is 2. The van der Waals surface area contributed by atoms with E-state index in [1.807, 2.05) is 37.3 Å². The van der Waals surface area contributed by atoms with E-state index in [-0.39, 0.29) is 24.8 Å². The molecule has 1 saturated heterocycles. The number of nitrogens with two attached hydrogens (primary N) is 1. The number of aliphatic hydroxyl groups is 1. The number of fused-ring (bicyclic) bond motifs is 1. The van der Waals surface area contributed by atoms with Gasteiger partial charge in [-0.1, -0.05) is 17.9 Å². The fraction of sp³-hybridized carbons (Fsp3) is 0.286. The van der Waals surface area contributed by atoms with Crippen molar-refractivity contribution in [3.8, 4) is 17.6 Å². The third-order valence-corrected chi connectivity index (χ3v) is 5.80. The Morgan fingerprint density at radius 2 is 2.03 bits per heavy atom. The maximum atomic E-state index is 11.8. The molecule has 0 saturated carbocycles. The SMILES string of the molecule is CN1C(=O)CCOc2ccc(C#CC3(O)COC3)cc21.Cc1cccc(Cc2ccnc(C(N)=O)c2)n1. The lowest BCUT2D eigenvalue weighted by atomic mass is 10.0. The summed E-state index contributed by atoms with van der Waals surface area (Å²) < 4.78 is 10.5. The van der Waals surface area contributed by atoms with E-state index < -0.39 is 11.5 Å². The van der Waals surface area contributed by atoms with Gasteiger partial charge in [-0.25, -0.2) is 0 Å². The Labute approximate surface area is 215 Å². The number of carbonyl (C=O) groups is 2. The van der Waals surface area contributed by atoms with E-state index in [2.05, 4.69) is 21.8 Å². The Morgan fingerprint density at radius 1 is 1.22 bits per heavy atom. The van der Waals surface area contributed by atoms with Crippen LogP contribution in [0.1, 0.15) is 39.4 Å². The maximum absolute atomic E-state index is 11.8. The van der Waals surface area contributed by atoms with Crippen LogP contribution in [0.5, 0.6) is 5.75 Å². The molecule has 4 heterocycles. The fourth-order valence-electron chi connectivity index (χ4n) is 3.71. The lowest BCUT2D eigenvalue weighted by molar-refractivity contribution is -0.140. The average molecular weight is 501 g/mol. The summed E-state index contributed by atoms with van der Waals surface area (Å²) in [6.07, 6.45) is 2.62. The van der Waals surface area contributed by atoms with Crippen LogP contribution in [-0.2, 0) is 16.0 Å². The fourth-order valence-corrected chi connectivity index (χ4v) is 3.71. The Morgan fingerprint density at radius 3 is 2.73 bits per heavy atom. The van der Waals surface area contributed by atoms with Crippen LogP contribution in [0.4, 0.5) is 5.69 Å². The van der Waals surface area contributed by atoms with Crippen LogP contribution in [-0.4, -0.2) is 59.4 Å². The number of hydrogen-bond acceptors (Lipinski definition) is 7. The molecule has 1 fully saturated rings. The standard InChI is InChI=1S/C15H15NO4.C13H13N3O/c1-16-12-8-11(4-6-15(18)9-19-10-15)2-3-13(12)20-7-5-14(16)17;1-9-3-2-4-11(16-9)7-10-5-6-15-12(8-10)13(14)17/h2-3,8,18H,5,7,9-10H2,1H3;2-6,8H,7H2,1H3,(H2,14,17). The number of aromatic nitrogens is 2. The highest BCUT2D eigenvalue weighted by Crippen LogP contribution is 2.31. The molecule has 3 N–H and O–H groups in total. The van der Waals surface area contributed by atoms with Crippen molar-refractivity contribution in [2.24, 2.45) is 5.73 Å². The highest BCUT2D eigenvalue weighted by atomic mass is 16.5. The summed E-state index contributed by atoms with van der Waals surface area (Å²) >= 11 is 0. The van der Waals surface area contributed by atoms with E-state index in [1.165, 1.54) is 0 Å². The molecule has 3 aromatic rings. The number of nitrogens with zero attached hydrogens (tertiary/aromatic N) is 3. The molecule has 0 radical (unpaired) electrons. The summed E-state index contributed by atoms with van der Waals surface area (Å²) in [6, 6.07) is 14.8. The quantitative estimate of drug-likeness (QED) is 0.527. The number of pyridine rings is 2. The summed E-state index contributed by atoms with van der Waals surface area (Å²) in [4.78, 5) is 32.7. The van der Waals surface area contributed by atoms with Gasteiger partial charge in [-0.3, -0.25) is 19.6 Å². The number of rotatable bonds is 3. The molecular formula is C28H28N4O5. The number of ether oxygens (including phenoxy) is 2. The third kappa shape index (κ3) is 6.70. The molecule has 0 spiro atoms. The number of primary amides is 1. The van der Waals surface area contributed by atoms with Gasteiger partial charge in [0.05, 0.1) is 31.9 Å². The number of benzene rings is 1. The molecule has 0 atom stereocenters. The number of hydrogen-bond donors (Lipinski definition) is 2. The largest absolute Gasteiger partial charge is 0.491 e. The lowest BCUT2D eigenvalue weighted by Crippen LogP contribution is -2.48. The Kier molecular flexibility index (Phi) is 7.82. The van der Waals surface area contributed by atoms with Crippen LogP contribution in [0, 0.1) is 18.8 Å². The number of aryl methyl sites for hydroxylation is 1. The van der Waals surface area contributed by atoms with Crippen molar-refractivity contribution >= 4 is 17.5 Å². The zero-order chi connectivity index (χ0) is 26.4. The van der Waals surface area contributed by atoms with Crippen molar-refractivity contribution in [2.45, 2.75) is 25.4 Å². The first-order valence-electron chi connectivity index (χ1n) is 11.8. The second-order valence-electron chi connectivity index (χ2n) is 8.87. The van der Waals surface area contributed by atoms with Gasteiger partial charge >= 0.3 is 0 Å². The first-order valence-corrected chi connectivity index (χ1v) is 11.8. The summed E-state index contributed by atoms with van der Waals surface area (Å²) in [5, 5.41) is 9.86. The van der Waals surface area contributed by atoms with Crippen molar-refractivity contribution < 1.29 is 24.2 Å². The van der Waals surface area contributed by atoms with Gasteiger partial charge in [0, 0.05) is 36.6 Å². The van der Waals surface area contributed by atoms with Gasteiger partial charge in [-0.2, -0.15) is 0 Å². The van der Waals surface area contributed by atoms with E-state index in [0.717, 1.165) is 22.5 Å². The van der Waals surface area contributed by atoms with Gasteiger partial charge in [0.2, 0.25) is 5.91 Å². The van der Waals surface area contributed by atoms with E-state index in [1.54, 1.807) is 36.3 Å². The zero-order valence-corrected chi connectivity index (χ0v) is 20.7. The molecule has 0 bridgehead atoms. The highest BCUT2D eigenvalue weighted by Gasteiger charge is 2.33. The van der Waals surface area contributed by atoms with Crippen LogP contribution in [0.15, 0.2) is 54.7 Å². The van der Waals surface area contributed by atoms with E-state index in [0.29, 0.717) is 30.9 Å². The van der Waals surface area contributed by atoms with Gasteiger partial charge in [0.25, 0.3) is 5.91 Å². The average Bonchev–Trinajstić information content (AvgIpc) is 3.00. The molecule has 0 aliphatic carbocycles. The van der Waals surface area contributed by atoms with Crippen molar-refractivity contribution in [1.82, 2.24) is 9.97 Å². The molecule has 2 aromatic heterocycles. The molecule has 2 aliphatic rings. The molecule has 0 unspecified atom stereocenters. The maximum Gasteiger partial charge on any atom is 0.267 e. The third-order valence-electron chi connectivity index (χ3n) is 5.80. The summed E-state index contributed by atoms with van der Waals surface area (Å²) in [5.74, 6) is 5.90. The van der Waals surface area contributed by atoms with Crippen LogP contribution < -0.4 is 15.4 Å². The van der Waals surface area contributed by atoms with Crippen molar-refractivity contribution in [1.29, 1.82) is 0 Å². The molecule has 9 heteroatoms. The topological polar surface area (TPSA) is 128 Å². The Bertz CT molecular complexity index is 1370. The van der Waals surface area contributed by atoms with Crippen molar-refractivity contribution in [3.05, 3.63) is 82.9 Å². The molecule has 2 aliphatic heterocycles. The molecule has 190 valence electrons. The second kappa shape index (κ2) is 11.2. The number of amides is 2. The van der Waals surface area contributed by atoms with Crippen LogP contribution in [0.25, 0.3) is 0 Å². The van der Waals surface area contributed by atoms with Crippen molar-refractivity contribution in [3.63, 3.8) is 0 Å². The Balaban J connectivity index is 0.000000176. The lowest BCUT2D eigenvalue weighted by Gasteiger charge is -2.30. The van der Waals surface area contributed by atoms with Crippen LogP contribution >= 0.6 is 0 Å². The minimum Gasteiger partial charge on any atom is -0.491 e. The molecular weight excluding hydrogens is 472 g/mol. The molecule has 5 rings (SSSR count). The van der Waals surface area contributed by atoms with Gasteiger partial charge < -0.3 is 25.2 Å².